The van der Waals surface area contributed by atoms with Crippen LogP contribution in [-0.2, 0) is 6.54 Å². The summed E-state index contributed by atoms with van der Waals surface area (Å²) in [6.45, 7) is 3.14. The van der Waals surface area contributed by atoms with Crippen LogP contribution < -0.4 is 16.4 Å². The SMILES string of the molecule is CC(N)CNc1nc(NCc2ccc(-c3ccccc3O)cc2)c2ncn(C3CCCC3)c2n1. The minimum Gasteiger partial charge on any atom is -0.507 e. The molecule has 0 aliphatic heterocycles. The second kappa shape index (κ2) is 9.69. The van der Waals surface area contributed by atoms with Crippen LogP contribution in [0.3, 0.4) is 0 Å². The number of fused-ring (bicyclic) bond motifs is 1. The van der Waals surface area contributed by atoms with Crippen molar-refractivity contribution in [3.8, 4) is 16.9 Å². The van der Waals surface area contributed by atoms with Crippen LogP contribution in [0.5, 0.6) is 5.75 Å². The highest BCUT2D eigenvalue weighted by Gasteiger charge is 2.22. The van der Waals surface area contributed by atoms with E-state index >= 15 is 0 Å². The quantitative estimate of drug-likeness (QED) is 0.304. The van der Waals surface area contributed by atoms with Gasteiger partial charge in [-0.15, -0.1) is 0 Å². The fraction of sp³-hybridized carbons (Fsp3) is 0.346. The standard InChI is InChI=1S/C26H31N7O/c1-17(27)14-29-26-31-24(23-25(32-26)33(16-30-23)20-6-2-3-7-20)28-15-18-10-12-19(13-11-18)21-8-4-5-9-22(21)34/h4-5,8-13,16-17,20,34H,2-3,6-7,14-15,27H2,1H3,(H2,28,29,31,32). The molecule has 5 rings (SSSR count). The molecule has 1 unspecified atom stereocenters. The molecule has 5 N–H and O–H groups in total. The summed E-state index contributed by atoms with van der Waals surface area (Å²) in [6, 6.07) is 16.0. The Morgan fingerprint density at radius 1 is 1.06 bits per heavy atom. The molecule has 176 valence electrons. The van der Waals surface area contributed by atoms with Crippen LogP contribution >= 0.6 is 0 Å². The first-order valence-electron chi connectivity index (χ1n) is 11.9. The number of imidazole rings is 1. The molecule has 0 amide bonds. The minimum absolute atomic E-state index is 0.00184. The van der Waals surface area contributed by atoms with Crippen LogP contribution in [0.25, 0.3) is 22.3 Å². The van der Waals surface area contributed by atoms with Crippen LogP contribution in [0.1, 0.15) is 44.2 Å². The van der Waals surface area contributed by atoms with Gasteiger partial charge in [-0.2, -0.15) is 9.97 Å². The smallest absolute Gasteiger partial charge is 0.226 e. The van der Waals surface area contributed by atoms with E-state index in [1.165, 1.54) is 12.8 Å². The van der Waals surface area contributed by atoms with Crippen molar-refractivity contribution in [2.45, 2.75) is 51.2 Å². The second-order valence-corrected chi connectivity index (χ2v) is 9.08. The number of phenolic OH excluding ortho intramolecular Hbond substituents is 1. The number of phenols is 1. The molecular weight excluding hydrogens is 426 g/mol. The number of rotatable bonds is 8. The van der Waals surface area contributed by atoms with E-state index in [0.717, 1.165) is 40.7 Å². The van der Waals surface area contributed by atoms with Crippen molar-refractivity contribution < 1.29 is 5.11 Å². The molecule has 8 heteroatoms. The molecule has 1 aliphatic rings. The van der Waals surface area contributed by atoms with E-state index in [1.807, 2.05) is 43.6 Å². The third-order valence-corrected chi connectivity index (χ3v) is 6.35. The number of aromatic hydroxyl groups is 1. The van der Waals surface area contributed by atoms with Crippen LogP contribution in [0, 0.1) is 0 Å². The van der Waals surface area contributed by atoms with E-state index in [1.54, 1.807) is 6.07 Å². The topological polar surface area (TPSA) is 114 Å². The molecule has 0 spiro atoms. The molecule has 0 radical (unpaired) electrons. The molecule has 0 saturated heterocycles. The number of hydrogen-bond acceptors (Lipinski definition) is 7. The second-order valence-electron chi connectivity index (χ2n) is 9.08. The van der Waals surface area contributed by atoms with Crippen molar-refractivity contribution in [2.24, 2.45) is 5.73 Å². The molecule has 2 aromatic carbocycles. The molecule has 0 bridgehead atoms. The Kier molecular flexibility index (Phi) is 6.31. The Morgan fingerprint density at radius 3 is 2.56 bits per heavy atom. The lowest BCUT2D eigenvalue weighted by Gasteiger charge is -2.14. The molecule has 1 atom stereocenters. The van der Waals surface area contributed by atoms with Gasteiger partial charge in [0, 0.05) is 30.7 Å². The van der Waals surface area contributed by atoms with Gasteiger partial charge in [-0.05, 0) is 37.0 Å². The predicted molar refractivity (Wildman–Crippen MR) is 136 cm³/mol. The number of benzene rings is 2. The molecule has 34 heavy (non-hydrogen) atoms. The van der Waals surface area contributed by atoms with Gasteiger partial charge >= 0.3 is 0 Å². The molecular formula is C26H31N7O. The first-order valence-corrected chi connectivity index (χ1v) is 11.9. The summed E-state index contributed by atoms with van der Waals surface area (Å²) >= 11 is 0. The largest absolute Gasteiger partial charge is 0.507 e. The average molecular weight is 458 g/mol. The zero-order valence-corrected chi connectivity index (χ0v) is 19.4. The lowest BCUT2D eigenvalue weighted by atomic mass is 10.0. The molecule has 4 aromatic rings. The van der Waals surface area contributed by atoms with Gasteiger partial charge in [-0.1, -0.05) is 55.3 Å². The third-order valence-electron chi connectivity index (χ3n) is 6.35. The van der Waals surface area contributed by atoms with Gasteiger partial charge in [-0.25, -0.2) is 4.98 Å². The number of para-hydroxylation sites is 1. The summed E-state index contributed by atoms with van der Waals surface area (Å²) in [5.74, 6) is 1.54. The Labute approximate surface area is 199 Å². The highest BCUT2D eigenvalue weighted by Crippen LogP contribution is 2.33. The van der Waals surface area contributed by atoms with Crippen molar-refractivity contribution in [1.82, 2.24) is 19.5 Å². The lowest BCUT2D eigenvalue weighted by Crippen LogP contribution is -2.26. The fourth-order valence-corrected chi connectivity index (χ4v) is 4.53. The summed E-state index contributed by atoms with van der Waals surface area (Å²) in [6.07, 6.45) is 6.70. The Hall–Kier alpha value is -3.65. The van der Waals surface area contributed by atoms with Crippen LogP contribution in [0.2, 0.25) is 0 Å². The van der Waals surface area contributed by atoms with E-state index < -0.39 is 0 Å². The molecule has 1 saturated carbocycles. The first-order chi connectivity index (χ1) is 16.6. The van der Waals surface area contributed by atoms with E-state index in [9.17, 15) is 5.11 Å². The molecule has 8 nitrogen and oxygen atoms in total. The predicted octanol–water partition coefficient (Wildman–Crippen LogP) is 4.69. The molecule has 1 aliphatic carbocycles. The number of hydrogen-bond donors (Lipinski definition) is 4. The van der Waals surface area contributed by atoms with Crippen molar-refractivity contribution in [3.05, 3.63) is 60.4 Å². The number of anilines is 2. The summed E-state index contributed by atoms with van der Waals surface area (Å²) < 4.78 is 2.20. The first kappa shape index (κ1) is 22.2. The van der Waals surface area contributed by atoms with Gasteiger partial charge in [0.1, 0.15) is 5.75 Å². The van der Waals surface area contributed by atoms with Gasteiger partial charge < -0.3 is 26.0 Å². The van der Waals surface area contributed by atoms with Gasteiger partial charge in [0.25, 0.3) is 0 Å². The third kappa shape index (κ3) is 4.68. The maximum absolute atomic E-state index is 10.1. The maximum atomic E-state index is 10.1. The van der Waals surface area contributed by atoms with Crippen molar-refractivity contribution >= 4 is 22.9 Å². The zero-order valence-electron chi connectivity index (χ0n) is 19.4. The van der Waals surface area contributed by atoms with E-state index in [2.05, 4.69) is 32.3 Å². The molecule has 2 heterocycles. The number of nitrogens with one attached hydrogen (secondary N) is 2. The Bertz CT molecular complexity index is 1260. The van der Waals surface area contributed by atoms with Crippen LogP contribution in [0.4, 0.5) is 11.8 Å². The van der Waals surface area contributed by atoms with Crippen molar-refractivity contribution in [3.63, 3.8) is 0 Å². The Morgan fingerprint density at radius 2 is 1.82 bits per heavy atom. The fourth-order valence-electron chi connectivity index (χ4n) is 4.53. The summed E-state index contributed by atoms with van der Waals surface area (Å²) in [4.78, 5) is 14.2. The summed E-state index contributed by atoms with van der Waals surface area (Å²) in [5, 5.41) is 16.8. The van der Waals surface area contributed by atoms with Crippen LogP contribution in [-0.4, -0.2) is 37.2 Å². The number of nitrogens with two attached hydrogens (primary N) is 1. The highest BCUT2D eigenvalue weighted by molar-refractivity contribution is 5.84. The minimum atomic E-state index is -0.00184. The normalized spacial score (nSPS) is 15.0. The highest BCUT2D eigenvalue weighted by atomic mass is 16.3. The van der Waals surface area contributed by atoms with Crippen molar-refractivity contribution in [2.75, 3.05) is 17.2 Å². The maximum Gasteiger partial charge on any atom is 0.226 e. The van der Waals surface area contributed by atoms with E-state index in [4.69, 9.17) is 15.7 Å². The van der Waals surface area contributed by atoms with Gasteiger partial charge in [0.05, 0.1) is 6.33 Å². The van der Waals surface area contributed by atoms with E-state index in [0.29, 0.717) is 30.9 Å². The van der Waals surface area contributed by atoms with E-state index in [-0.39, 0.29) is 11.8 Å². The van der Waals surface area contributed by atoms with Crippen molar-refractivity contribution in [1.29, 1.82) is 0 Å². The monoisotopic (exact) mass is 457 g/mol. The van der Waals surface area contributed by atoms with Gasteiger partial charge in [-0.3, -0.25) is 0 Å². The Balaban J connectivity index is 1.39. The molecule has 1 fully saturated rings. The van der Waals surface area contributed by atoms with Gasteiger partial charge in [0.15, 0.2) is 17.0 Å². The number of nitrogens with zero attached hydrogens (tertiary/aromatic N) is 4. The summed E-state index contributed by atoms with van der Waals surface area (Å²) in [5.41, 5.74) is 10.5. The molecule has 2 aromatic heterocycles. The summed E-state index contributed by atoms with van der Waals surface area (Å²) in [7, 11) is 0. The average Bonchev–Trinajstić information content (AvgIpc) is 3.52. The van der Waals surface area contributed by atoms with Gasteiger partial charge in [0.2, 0.25) is 5.95 Å². The number of aromatic nitrogens is 4. The zero-order chi connectivity index (χ0) is 23.5. The van der Waals surface area contributed by atoms with Crippen LogP contribution in [0.15, 0.2) is 54.9 Å². The lowest BCUT2D eigenvalue weighted by molar-refractivity contribution is 0.477.